The van der Waals surface area contributed by atoms with Crippen molar-refractivity contribution in [2.24, 2.45) is 5.92 Å². The molecule has 5 unspecified atom stereocenters. The Morgan fingerprint density at radius 1 is 0.919 bits per heavy atom. The highest BCUT2D eigenvalue weighted by Gasteiger charge is 2.70. The van der Waals surface area contributed by atoms with E-state index in [4.69, 9.17) is 4.43 Å². The Morgan fingerprint density at radius 3 is 1.97 bits per heavy atom. The van der Waals surface area contributed by atoms with Crippen molar-refractivity contribution < 1.29 is 14.6 Å². The van der Waals surface area contributed by atoms with Crippen molar-refractivity contribution in [2.45, 2.75) is 159 Å². The maximum absolute atomic E-state index is 10.4. The van der Waals surface area contributed by atoms with Crippen molar-refractivity contribution >= 4 is 21.6 Å². The van der Waals surface area contributed by atoms with E-state index in [1.807, 2.05) is 0 Å². The number of hydrogen-bond donors (Lipinski definition) is 2. The SMILES string of the molecule is CCC[Si-](CCC1CCC(O)C(O)C1)(OC(C)(C)C)C(C)(C)C1([Si](C)(c2ccccc2)C(C)(C)C)CC1. The lowest BCUT2D eigenvalue weighted by Gasteiger charge is -2.67. The van der Waals surface area contributed by atoms with Gasteiger partial charge in [0.1, 0.15) is 0 Å². The summed E-state index contributed by atoms with van der Waals surface area (Å²) in [5.74, 6) is 0.483. The highest BCUT2D eigenvalue weighted by Crippen LogP contribution is 2.80. The monoisotopic (exact) mass is 546 g/mol. The van der Waals surface area contributed by atoms with Gasteiger partial charge in [0.15, 0.2) is 0 Å². The molecule has 2 N–H and O–H groups in total. The zero-order valence-electron chi connectivity index (χ0n) is 25.8. The third-order valence-corrected chi connectivity index (χ3v) is 24.8. The van der Waals surface area contributed by atoms with E-state index in [-0.39, 0.29) is 15.7 Å². The summed E-state index contributed by atoms with van der Waals surface area (Å²) in [7, 11) is -4.29. The zero-order chi connectivity index (χ0) is 27.9. The van der Waals surface area contributed by atoms with Crippen LogP contribution < -0.4 is 5.19 Å². The first-order valence-corrected chi connectivity index (χ1v) is 19.9. The summed E-state index contributed by atoms with van der Waals surface area (Å²) in [6.45, 7) is 24.6. The van der Waals surface area contributed by atoms with Crippen molar-refractivity contribution in [3.05, 3.63) is 30.3 Å². The number of rotatable bonds is 10. The molecule has 1 aromatic carbocycles. The number of aliphatic hydroxyl groups is 2. The molecule has 0 bridgehead atoms. The Labute approximate surface area is 230 Å². The van der Waals surface area contributed by atoms with E-state index in [0.29, 0.717) is 11.0 Å². The van der Waals surface area contributed by atoms with Gasteiger partial charge in [0.05, 0.1) is 20.3 Å². The lowest BCUT2D eigenvalue weighted by atomic mass is 9.84. The molecule has 0 spiro atoms. The standard InChI is InChI=1S/C32H58O3Si2/c1-11-22-37(35-29(2,3)4,23-19-25-17-18-27(33)28(34)24-25)31(8,9)32(20-21-32)36(10,30(5,6)7)26-15-13-12-14-16-26/h12-16,25,27-28,33-34H,11,17-24H2,1-10H3/q-1. The third kappa shape index (κ3) is 5.73. The van der Waals surface area contributed by atoms with Crippen molar-refractivity contribution in [3.8, 4) is 0 Å². The van der Waals surface area contributed by atoms with Gasteiger partial charge in [-0.1, -0.05) is 114 Å². The molecule has 3 nitrogen and oxygen atoms in total. The van der Waals surface area contributed by atoms with Gasteiger partial charge in [0, 0.05) is 5.60 Å². The van der Waals surface area contributed by atoms with Crippen LogP contribution in [0.15, 0.2) is 30.3 Å². The summed E-state index contributed by atoms with van der Waals surface area (Å²) in [5.41, 5.74) is -0.177. The highest BCUT2D eigenvalue weighted by atomic mass is 28.4. The second-order valence-electron chi connectivity index (χ2n) is 15.3. The van der Waals surface area contributed by atoms with Crippen molar-refractivity contribution in [2.75, 3.05) is 0 Å². The van der Waals surface area contributed by atoms with E-state index in [0.717, 1.165) is 38.1 Å². The summed E-state index contributed by atoms with van der Waals surface area (Å²) >= 11 is 0. The average molecular weight is 547 g/mol. The lowest BCUT2D eigenvalue weighted by Crippen LogP contribution is -2.65. The third-order valence-electron chi connectivity index (χ3n) is 10.9. The molecule has 1 aromatic rings. The molecule has 5 heteroatoms. The van der Waals surface area contributed by atoms with Crippen LogP contribution >= 0.6 is 0 Å². The summed E-state index contributed by atoms with van der Waals surface area (Å²) in [6, 6.07) is 13.9. The second kappa shape index (κ2) is 10.8. The quantitative estimate of drug-likeness (QED) is 0.291. The predicted octanol–water partition coefficient (Wildman–Crippen LogP) is 8.17. The first kappa shape index (κ1) is 31.1. The van der Waals surface area contributed by atoms with Gasteiger partial charge in [-0.3, -0.25) is 0 Å². The molecule has 0 saturated heterocycles. The van der Waals surface area contributed by atoms with Crippen LogP contribution in [0, 0.1) is 5.92 Å². The minimum absolute atomic E-state index is 0.125. The van der Waals surface area contributed by atoms with Crippen molar-refractivity contribution in [1.82, 2.24) is 0 Å². The van der Waals surface area contributed by atoms with E-state index in [1.54, 1.807) is 5.19 Å². The minimum Gasteiger partial charge on any atom is -0.560 e. The number of benzene rings is 1. The van der Waals surface area contributed by atoms with Crippen LogP contribution in [0.25, 0.3) is 0 Å². The van der Waals surface area contributed by atoms with E-state index >= 15 is 0 Å². The van der Waals surface area contributed by atoms with Crippen LogP contribution in [0.4, 0.5) is 0 Å². The van der Waals surface area contributed by atoms with Crippen LogP contribution in [-0.2, 0) is 4.43 Å². The minimum atomic E-state index is -2.29. The maximum atomic E-state index is 10.4. The highest BCUT2D eigenvalue weighted by molar-refractivity contribution is 6.98. The summed E-state index contributed by atoms with van der Waals surface area (Å²) in [4.78, 5) is 0. The second-order valence-corrected chi connectivity index (χ2v) is 25.0. The van der Waals surface area contributed by atoms with Crippen LogP contribution in [0.2, 0.25) is 33.7 Å². The van der Waals surface area contributed by atoms with Crippen molar-refractivity contribution in [3.63, 3.8) is 0 Å². The first-order chi connectivity index (χ1) is 17.0. The molecule has 0 radical (unpaired) electrons. The molecule has 0 heterocycles. The van der Waals surface area contributed by atoms with Gasteiger partial charge in [0.2, 0.25) is 0 Å². The van der Waals surface area contributed by atoms with Gasteiger partial charge < -0.3 is 14.6 Å². The molecule has 2 fully saturated rings. The fourth-order valence-electron chi connectivity index (χ4n) is 8.39. The van der Waals surface area contributed by atoms with E-state index in [2.05, 4.69) is 99.2 Å². The largest absolute Gasteiger partial charge is 0.560 e. The van der Waals surface area contributed by atoms with Gasteiger partial charge in [-0.05, 0) is 59.3 Å². The van der Waals surface area contributed by atoms with Gasteiger partial charge in [-0.25, -0.2) is 0 Å². The number of hydrogen-bond acceptors (Lipinski definition) is 3. The normalized spacial score (nSPS) is 27.8. The van der Waals surface area contributed by atoms with Gasteiger partial charge in [0.25, 0.3) is 0 Å². The molecular formula is C32H58O3Si2-. The van der Waals surface area contributed by atoms with E-state index < -0.39 is 28.6 Å². The van der Waals surface area contributed by atoms with Crippen LogP contribution in [-0.4, -0.2) is 44.4 Å². The molecule has 5 atom stereocenters. The molecular weight excluding hydrogens is 489 g/mol. The molecule has 213 valence electrons. The van der Waals surface area contributed by atoms with Crippen molar-refractivity contribution in [1.29, 1.82) is 0 Å². The summed E-state index contributed by atoms with van der Waals surface area (Å²) in [5, 5.41) is 22.8. The molecule has 0 aromatic heterocycles. The van der Waals surface area contributed by atoms with Gasteiger partial charge >= 0.3 is 0 Å². The average Bonchev–Trinajstić information content (AvgIpc) is 3.61. The van der Waals surface area contributed by atoms with Crippen LogP contribution in [0.3, 0.4) is 0 Å². The van der Waals surface area contributed by atoms with Gasteiger partial charge in [-0.15, -0.1) is 17.1 Å². The maximum Gasteiger partial charge on any atom is 0.0928 e. The topological polar surface area (TPSA) is 49.7 Å². The molecule has 3 rings (SSSR count). The predicted molar refractivity (Wildman–Crippen MR) is 164 cm³/mol. The Morgan fingerprint density at radius 2 is 1.51 bits per heavy atom. The number of aliphatic hydroxyl groups excluding tert-OH is 2. The Kier molecular flexibility index (Phi) is 9.10. The molecule has 0 amide bonds. The summed E-state index contributed by atoms with van der Waals surface area (Å²) < 4.78 is 7.49. The molecule has 2 saturated carbocycles. The Hall–Kier alpha value is -0.466. The summed E-state index contributed by atoms with van der Waals surface area (Å²) in [6.07, 6.45) is 6.27. The van der Waals surface area contributed by atoms with E-state index in [9.17, 15) is 10.2 Å². The molecule has 0 aliphatic heterocycles. The molecule has 37 heavy (non-hydrogen) atoms. The molecule has 2 aliphatic rings. The molecule has 2 aliphatic carbocycles. The van der Waals surface area contributed by atoms with E-state index in [1.165, 1.54) is 18.9 Å². The first-order valence-electron chi connectivity index (χ1n) is 15.1. The lowest BCUT2D eigenvalue weighted by molar-refractivity contribution is -0.0261. The Balaban J connectivity index is 2.10. The van der Waals surface area contributed by atoms with Gasteiger partial charge in [-0.2, -0.15) is 0 Å². The fraction of sp³-hybridized carbons (Fsp3) is 0.812. The zero-order valence-corrected chi connectivity index (χ0v) is 27.8. The van der Waals surface area contributed by atoms with Crippen LogP contribution in [0.1, 0.15) is 107 Å². The fourth-order valence-corrected chi connectivity index (χ4v) is 21.9. The Bertz CT molecular complexity index is 884. The van der Waals surface area contributed by atoms with Crippen LogP contribution in [0.5, 0.6) is 0 Å². The smallest absolute Gasteiger partial charge is 0.0928 e.